The molecule has 0 saturated heterocycles. The van der Waals surface area contributed by atoms with Crippen LogP contribution in [0.15, 0.2) is 30.3 Å². The predicted octanol–water partition coefficient (Wildman–Crippen LogP) is 2.93. The molecule has 4 heteroatoms. The van der Waals surface area contributed by atoms with Gasteiger partial charge in [-0.3, -0.25) is 0 Å². The highest BCUT2D eigenvalue weighted by Crippen LogP contribution is 2.18. The molecule has 2 rings (SSSR count). The van der Waals surface area contributed by atoms with E-state index in [1.807, 2.05) is 19.1 Å². The number of nitrogens with zero attached hydrogens (tertiary/aromatic N) is 2. The maximum absolute atomic E-state index is 5.75. The van der Waals surface area contributed by atoms with Crippen LogP contribution in [-0.2, 0) is 12.8 Å². The van der Waals surface area contributed by atoms with Gasteiger partial charge < -0.3 is 11.1 Å². The Kier molecular flexibility index (Phi) is 3.77. The minimum absolute atomic E-state index is 0.496. The van der Waals surface area contributed by atoms with Crippen LogP contribution in [0.4, 0.5) is 17.3 Å². The van der Waals surface area contributed by atoms with Crippen LogP contribution in [0.3, 0.4) is 0 Å². The van der Waals surface area contributed by atoms with Gasteiger partial charge in [0.1, 0.15) is 17.5 Å². The molecule has 2 aromatic rings. The summed E-state index contributed by atoms with van der Waals surface area (Å²) in [5, 5.41) is 3.26. The van der Waals surface area contributed by atoms with Crippen LogP contribution in [0.1, 0.15) is 25.2 Å². The van der Waals surface area contributed by atoms with Crippen molar-refractivity contribution in [2.75, 3.05) is 11.1 Å². The minimum atomic E-state index is 0.496. The van der Waals surface area contributed by atoms with Crippen molar-refractivity contribution in [1.82, 2.24) is 9.97 Å². The lowest BCUT2D eigenvalue weighted by molar-refractivity contribution is 0.948. The smallest absolute Gasteiger partial charge is 0.136 e. The van der Waals surface area contributed by atoms with Gasteiger partial charge in [-0.1, -0.05) is 26.0 Å². The normalized spacial score (nSPS) is 10.3. The number of nitrogens with one attached hydrogen (secondary N) is 1. The van der Waals surface area contributed by atoms with Gasteiger partial charge in [-0.05, 0) is 24.1 Å². The molecule has 3 N–H and O–H groups in total. The van der Waals surface area contributed by atoms with Crippen LogP contribution >= 0.6 is 0 Å². The zero-order valence-electron chi connectivity index (χ0n) is 10.8. The van der Waals surface area contributed by atoms with Crippen molar-refractivity contribution in [3.8, 4) is 0 Å². The fourth-order valence-electron chi connectivity index (χ4n) is 1.76. The molecule has 1 heterocycles. The number of hydrogen-bond acceptors (Lipinski definition) is 4. The van der Waals surface area contributed by atoms with Gasteiger partial charge in [0.25, 0.3) is 0 Å². The summed E-state index contributed by atoms with van der Waals surface area (Å²) >= 11 is 0. The highest BCUT2D eigenvalue weighted by molar-refractivity contribution is 5.59. The van der Waals surface area contributed by atoms with Crippen molar-refractivity contribution in [3.05, 3.63) is 41.7 Å². The first kappa shape index (κ1) is 12.4. The summed E-state index contributed by atoms with van der Waals surface area (Å²) in [6.45, 7) is 4.15. The van der Waals surface area contributed by atoms with Crippen molar-refractivity contribution in [2.24, 2.45) is 0 Å². The first-order valence-corrected chi connectivity index (χ1v) is 6.20. The Labute approximate surface area is 107 Å². The monoisotopic (exact) mass is 242 g/mol. The Hall–Kier alpha value is -2.10. The van der Waals surface area contributed by atoms with Gasteiger partial charge in [0, 0.05) is 18.2 Å². The molecule has 94 valence electrons. The summed E-state index contributed by atoms with van der Waals surface area (Å²) < 4.78 is 0. The van der Waals surface area contributed by atoms with Crippen molar-refractivity contribution < 1.29 is 0 Å². The number of hydrogen-bond donors (Lipinski definition) is 2. The molecule has 0 aliphatic rings. The van der Waals surface area contributed by atoms with Gasteiger partial charge in [-0.15, -0.1) is 0 Å². The molecule has 0 aliphatic carbocycles. The minimum Gasteiger partial charge on any atom is -0.384 e. The molecule has 0 atom stereocenters. The van der Waals surface area contributed by atoms with Gasteiger partial charge in [-0.2, -0.15) is 0 Å². The quantitative estimate of drug-likeness (QED) is 0.865. The molecule has 1 aromatic heterocycles. The van der Waals surface area contributed by atoms with Gasteiger partial charge in [0.15, 0.2) is 0 Å². The molecular formula is C14H18N4. The second kappa shape index (κ2) is 5.49. The number of anilines is 3. The molecule has 0 bridgehead atoms. The predicted molar refractivity (Wildman–Crippen MR) is 74.9 cm³/mol. The number of benzene rings is 1. The molecule has 0 aliphatic heterocycles. The Bertz CT molecular complexity index is 537. The van der Waals surface area contributed by atoms with Gasteiger partial charge in [0.05, 0.1) is 0 Å². The van der Waals surface area contributed by atoms with Gasteiger partial charge in [-0.25, -0.2) is 9.97 Å². The zero-order chi connectivity index (χ0) is 13.0. The first-order chi connectivity index (χ1) is 8.71. The third kappa shape index (κ3) is 2.97. The van der Waals surface area contributed by atoms with E-state index in [0.29, 0.717) is 5.82 Å². The van der Waals surface area contributed by atoms with E-state index in [-0.39, 0.29) is 0 Å². The maximum Gasteiger partial charge on any atom is 0.136 e. The van der Waals surface area contributed by atoms with Crippen LogP contribution in [0, 0.1) is 0 Å². The van der Waals surface area contributed by atoms with E-state index in [0.717, 1.165) is 30.2 Å². The maximum atomic E-state index is 5.75. The van der Waals surface area contributed by atoms with Crippen LogP contribution in [0.5, 0.6) is 0 Å². The Morgan fingerprint density at radius 2 is 1.94 bits per heavy atom. The third-order valence-electron chi connectivity index (χ3n) is 2.72. The fourth-order valence-corrected chi connectivity index (χ4v) is 1.76. The van der Waals surface area contributed by atoms with Crippen molar-refractivity contribution in [1.29, 1.82) is 0 Å². The number of aryl methyl sites for hydroxylation is 2. The Morgan fingerprint density at radius 1 is 1.11 bits per heavy atom. The van der Waals surface area contributed by atoms with Crippen LogP contribution in [0.2, 0.25) is 0 Å². The first-order valence-electron chi connectivity index (χ1n) is 6.20. The molecule has 0 amide bonds. The average molecular weight is 242 g/mol. The summed E-state index contributed by atoms with van der Waals surface area (Å²) in [7, 11) is 0. The number of nitrogens with two attached hydrogens (primary N) is 1. The second-order valence-electron chi connectivity index (χ2n) is 4.13. The van der Waals surface area contributed by atoms with Crippen molar-refractivity contribution in [3.63, 3.8) is 0 Å². The fraction of sp³-hybridized carbons (Fsp3) is 0.286. The second-order valence-corrected chi connectivity index (χ2v) is 4.13. The van der Waals surface area contributed by atoms with Crippen molar-refractivity contribution in [2.45, 2.75) is 26.7 Å². The number of nitrogen functional groups attached to an aromatic ring is 1. The lowest BCUT2D eigenvalue weighted by Gasteiger charge is -2.08. The summed E-state index contributed by atoms with van der Waals surface area (Å²) in [5.41, 5.74) is 8.07. The van der Waals surface area contributed by atoms with E-state index in [1.165, 1.54) is 5.56 Å². The summed E-state index contributed by atoms with van der Waals surface area (Å²) in [4.78, 5) is 8.55. The highest BCUT2D eigenvalue weighted by atomic mass is 15.0. The summed E-state index contributed by atoms with van der Waals surface area (Å²) in [6.07, 6.45) is 1.79. The largest absolute Gasteiger partial charge is 0.384 e. The van der Waals surface area contributed by atoms with Crippen molar-refractivity contribution >= 4 is 17.3 Å². The Balaban J connectivity index is 2.24. The molecule has 0 saturated carbocycles. The zero-order valence-corrected chi connectivity index (χ0v) is 10.8. The molecule has 0 fully saturated rings. The van der Waals surface area contributed by atoms with Gasteiger partial charge in [0.2, 0.25) is 0 Å². The summed E-state index contributed by atoms with van der Waals surface area (Å²) in [5.74, 6) is 1.99. The third-order valence-corrected chi connectivity index (χ3v) is 2.72. The highest BCUT2D eigenvalue weighted by Gasteiger charge is 2.02. The van der Waals surface area contributed by atoms with Crippen LogP contribution in [-0.4, -0.2) is 9.97 Å². The molecule has 1 aromatic carbocycles. The van der Waals surface area contributed by atoms with E-state index in [1.54, 1.807) is 6.07 Å². The van der Waals surface area contributed by atoms with Gasteiger partial charge >= 0.3 is 0 Å². The van der Waals surface area contributed by atoms with E-state index in [2.05, 4.69) is 34.3 Å². The standard InChI is InChI=1S/C14H18N4/c1-3-10-6-5-7-11(8-10)16-14-9-12(15)17-13(4-2)18-14/h5-9H,3-4H2,1-2H3,(H3,15,16,17,18). The number of aromatic nitrogens is 2. The lowest BCUT2D eigenvalue weighted by atomic mass is 10.1. The number of rotatable bonds is 4. The van der Waals surface area contributed by atoms with E-state index >= 15 is 0 Å². The Morgan fingerprint density at radius 3 is 2.67 bits per heavy atom. The lowest BCUT2D eigenvalue weighted by Crippen LogP contribution is -2.02. The van der Waals surface area contributed by atoms with Crippen LogP contribution in [0.25, 0.3) is 0 Å². The molecule has 0 spiro atoms. The molecular weight excluding hydrogens is 224 g/mol. The van der Waals surface area contributed by atoms with E-state index in [4.69, 9.17) is 5.73 Å². The SMILES string of the molecule is CCc1cccc(Nc2cc(N)nc(CC)n2)c1. The molecule has 0 radical (unpaired) electrons. The van der Waals surface area contributed by atoms with Crippen LogP contribution < -0.4 is 11.1 Å². The van der Waals surface area contributed by atoms with E-state index in [9.17, 15) is 0 Å². The van der Waals surface area contributed by atoms with E-state index < -0.39 is 0 Å². The molecule has 4 nitrogen and oxygen atoms in total. The topological polar surface area (TPSA) is 63.8 Å². The average Bonchev–Trinajstić information content (AvgIpc) is 2.38. The summed E-state index contributed by atoms with van der Waals surface area (Å²) in [6, 6.07) is 10.0. The molecule has 18 heavy (non-hydrogen) atoms. The molecule has 0 unspecified atom stereocenters.